The van der Waals surface area contributed by atoms with E-state index in [4.69, 9.17) is 0 Å². The molecule has 0 aromatic rings. The first-order valence-corrected chi connectivity index (χ1v) is 7.63. The van der Waals surface area contributed by atoms with E-state index in [0.717, 1.165) is 13.0 Å². The standard InChI is InChI=1S/C16H30N2/c1-5-9-12-15(17-8-4)16(6-2,7-3)18-13-10-11-14-18/h15,17H,6-8,10-14H2,1-4H3. The Labute approximate surface area is 114 Å². The molecule has 0 spiro atoms. The minimum Gasteiger partial charge on any atom is -0.312 e. The molecule has 1 unspecified atom stereocenters. The molecule has 0 aromatic heterocycles. The number of hydrogen-bond acceptors (Lipinski definition) is 2. The Kier molecular flexibility index (Phi) is 6.75. The van der Waals surface area contributed by atoms with Crippen molar-refractivity contribution < 1.29 is 0 Å². The van der Waals surface area contributed by atoms with Crippen molar-refractivity contribution >= 4 is 0 Å². The largest absolute Gasteiger partial charge is 0.312 e. The van der Waals surface area contributed by atoms with Crippen molar-refractivity contribution in [3.05, 3.63) is 0 Å². The van der Waals surface area contributed by atoms with Crippen LogP contribution in [0.15, 0.2) is 0 Å². The summed E-state index contributed by atoms with van der Waals surface area (Å²) >= 11 is 0. The van der Waals surface area contributed by atoms with Crippen LogP contribution in [0.5, 0.6) is 0 Å². The Bertz CT molecular complexity index is 277. The monoisotopic (exact) mass is 250 g/mol. The normalized spacial score (nSPS) is 18.4. The molecule has 1 saturated heterocycles. The third kappa shape index (κ3) is 3.28. The Morgan fingerprint density at radius 3 is 2.22 bits per heavy atom. The molecule has 1 aliphatic rings. The zero-order chi connectivity index (χ0) is 13.4. The van der Waals surface area contributed by atoms with Crippen molar-refractivity contribution in [3.63, 3.8) is 0 Å². The van der Waals surface area contributed by atoms with Crippen molar-refractivity contribution in [1.29, 1.82) is 0 Å². The highest BCUT2D eigenvalue weighted by Crippen LogP contribution is 2.32. The second-order valence-electron chi connectivity index (χ2n) is 5.25. The molecule has 1 heterocycles. The lowest BCUT2D eigenvalue weighted by molar-refractivity contribution is 0.0644. The second-order valence-corrected chi connectivity index (χ2v) is 5.25. The fourth-order valence-electron chi connectivity index (χ4n) is 3.48. The summed E-state index contributed by atoms with van der Waals surface area (Å²) in [6.07, 6.45) is 6.13. The molecule has 18 heavy (non-hydrogen) atoms. The van der Waals surface area contributed by atoms with Crippen LogP contribution in [0, 0.1) is 11.8 Å². The number of likely N-dealkylation sites (tertiary alicyclic amines) is 1. The van der Waals surface area contributed by atoms with Crippen molar-refractivity contribution in [2.24, 2.45) is 0 Å². The summed E-state index contributed by atoms with van der Waals surface area (Å²) in [5.74, 6) is 6.35. The molecule has 2 nitrogen and oxygen atoms in total. The van der Waals surface area contributed by atoms with Gasteiger partial charge in [0.05, 0.1) is 0 Å². The van der Waals surface area contributed by atoms with Gasteiger partial charge in [-0.3, -0.25) is 4.90 Å². The van der Waals surface area contributed by atoms with Gasteiger partial charge < -0.3 is 5.32 Å². The Balaban J connectivity index is 2.90. The Hall–Kier alpha value is -0.520. The van der Waals surface area contributed by atoms with Crippen molar-refractivity contribution in [2.45, 2.75) is 71.4 Å². The van der Waals surface area contributed by atoms with Gasteiger partial charge in [0.2, 0.25) is 0 Å². The van der Waals surface area contributed by atoms with Gasteiger partial charge in [-0.1, -0.05) is 20.8 Å². The third-order valence-corrected chi connectivity index (χ3v) is 4.54. The minimum absolute atomic E-state index is 0.302. The zero-order valence-corrected chi connectivity index (χ0v) is 12.7. The molecule has 104 valence electrons. The zero-order valence-electron chi connectivity index (χ0n) is 12.7. The van der Waals surface area contributed by atoms with E-state index in [0.29, 0.717) is 11.6 Å². The van der Waals surface area contributed by atoms with E-state index in [-0.39, 0.29) is 0 Å². The molecule has 1 aliphatic heterocycles. The van der Waals surface area contributed by atoms with Gasteiger partial charge in [-0.2, -0.15) is 0 Å². The smallest absolute Gasteiger partial charge is 0.0366 e. The van der Waals surface area contributed by atoms with Crippen LogP contribution in [0.25, 0.3) is 0 Å². The van der Waals surface area contributed by atoms with Crippen molar-refractivity contribution in [1.82, 2.24) is 10.2 Å². The molecule has 1 fully saturated rings. The van der Waals surface area contributed by atoms with E-state index in [9.17, 15) is 0 Å². The molecule has 0 aromatic carbocycles. The molecule has 1 atom stereocenters. The number of nitrogens with zero attached hydrogens (tertiary/aromatic N) is 1. The van der Waals surface area contributed by atoms with Crippen molar-refractivity contribution in [2.75, 3.05) is 19.6 Å². The van der Waals surface area contributed by atoms with E-state index in [2.05, 4.69) is 42.8 Å². The summed E-state index contributed by atoms with van der Waals surface area (Å²) in [5, 5.41) is 3.69. The lowest BCUT2D eigenvalue weighted by atomic mass is 9.81. The van der Waals surface area contributed by atoms with Gasteiger partial charge in [0.25, 0.3) is 0 Å². The maximum absolute atomic E-state index is 3.69. The highest BCUT2D eigenvalue weighted by Gasteiger charge is 2.41. The van der Waals surface area contributed by atoms with Gasteiger partial charge in [-0.05, 0) is 52.2 Å². The maximum atomic E-state index is 3.69. The molecule has 0 amide bonds. The van der Waals surface area contributed by atoms with E-state index in [1.807, 2.05) is 6.92 Å². The Morgan fingerprint density at radius 1 is 1.17 bits per heavy atom. The predicted octanol–water partition coefficient (Wildman–Crippen LogP) is 3.03. The molecule has 2 heteroatoms. The lowest BCUT2D eigenvalue weighted by Gasteiger charge is -2.46. The summed E-state index contributed by atoms with van der Waals surface area (Å²) in [5.41, 5.74) is 0.302. The quantitative estimate of drug-likeness (QED) is 0.699. The molecule has 1 N–H and O–H groups in total. The number of rotatable bonds is 7. The van der Waals surface area contributed by atoms with Gasteiger partial charge in [0, 0.05) is 18.0 Å². The van der Waals surface area contributed by atoms with E-state index in [1.165, 1.54) is 38.8 Å². The van der Waals surface area contributed by atoms with Gasteiger partial charge in [-0.25, -0.2) is 0 Å². The van der Waals surface area contributed by atoms with Crippen LogP contribution in [0.4, 0.5) is 0 Å². The van der Waals surface area contributed by atoms with Crippen LogP contribution >= 0.6 is 0 Å². The van der Waals surface area contributed by atoms with E-state index >= 15 is 0 Å². The SMILES string of the molecule is CC#CCC(NCC)C(CC)(CC)N1CCCC1. The molecular formula is C16H30N2. The van der Waals surface area contributed by atoms with E-state index < -0.39 is 0 Å². The fourth-order valence-corrected chi connectivity index (χ4v) is 3.48. The first kappa shape index (κ1) is 15.5. The molecule has 0 saturated carbocycles. The predicted molar refractivity (Wildman–Crippen MR) is 79.7 cm³/mol. The van der Waals surface area contributed by atoms with Gasteiger partial charge >= 0.3 is 0 Å². The van der Waals surface area contributed by atoms with Crippen molar-refractivity contribution in [3.8, 4) is 11.8 Å². The minimum atomic E-state index is 0.302. The second kappa shape index (κ2) is 7.81. The van der Waals surface area contributed by atoms with Crippen LogP contribution in [0.1, 0.15) is 59.8 Å². The topological polar surface area (TPSA) is 15.3 Å². The van der Waals surface area contributed by atoms with Crippen LogP contribution in [-0.4, -0.2) is 36.1 Å². The number of likely N-dealkylation sites (N-methyl/N-ethyl adjacent to an activating group) is 1. The van der Waals surface area contributed by atoms with Gasteiger partial charge in [0.1, 0.15) is 0 Å². The average Bonchev–Trinajstić information content (AvgIpc) is 2.92. The first-order chi connectivity index (χ1) is 8.75. The lowest BCUT2D eigenvalue weighted by Crippen LogP contribution is -2.60. The summed E-state index contributed by atoms with van der Waals surface area (Å²) in [7, 11) is 0. The maximum Gasteiger partial charge on any atom is 0.0366 e. The molecule has 0 radical (unpaired) electrons. The molecule has 0 bridgehead atoms. The van der Waals surface area contributed by atoms with Gasteiger partial charge in [0.15, 0.2) is 0 Å². The molecule has 1 rings (SSSR count). The van der Waals surface area contributed by atoms with Crippen LogP contribution in [-0.2, 0) is 0 Å². The van der Waals surface area contributed by atoms with Gasteiger partial charge in [-0.15, -0.1) is 11.8 Å². The van der Waals surface area contributed by atoms with E-state index in [1.54, 1.807) is 0 Å². The summed E-state index contributed by atoms with van der Waals surface area (Å²) in [4.78, 5) is 2.72. The number of nitrogens with one attached hydrogen (secondary N) is 1. The summed E-state index contributed by atoms with van der Waals surface area (Å²) in [6.45, 7) is 12.4. The van der Waals surface area contributed by atoms with Crippen LogP contribution in [0.2, 0.25) is 0 Å². The molecule has 0 aliphatic carbocycles. The average molecular weight is 250 g/mol. The summed E-state index contributed by atoms with van der Waals surface area (Å²) in [6, 6.07) is 0.503. The Morgan fingerprint density at radius 2 is 1.78 bits per heavy atom. The number of hydrogen-bond donors (Lipinski definition) is 1. The van der Waals surface area contributed by atoms with Crippen LogP contribution in [0.3, 0.4) is 0 Å². The molecular weight excluding hydrogens is 220 g/mol. The highest BCUT2D eigenvalue weighted by atomic mass is 15.2. The summed E-state index contributed by atoms with van der Waals surface area (Å²) < 4.78 is 0. The van der Waals surface area contributed by atoms with Crippen LogP contribution < -0.4 is 5.32 Å². The highest BCUT2D eigenvalue weighted by molar-refractivity contribution is 5.07. The fraction of sp³-hybridized carbons (Fsp3) is 0.875. The first-order valence-electron chi connectivity index (χ1n) is 7.63. The third-order valence-electron chi connectivity index (χ3n) is 4.54.